The van der Waals surface area contributed by atoms with Gasteiger partial charge in [-0.3, -0.25) is 9.78 Å². The third kappa shape index (κ3) is 1.61. The van der Waals surface area contributed by atoms with Gasteiger partial charge in [0, 0.05) is 24.6 Å². The summed E-state index contributed by atoms with van der Waals surface area (Å²) in [5.74, 6) is 0.0883. The third-order valence-corrected chi connectivity index (χ3v) is 4.48. The first-order valence-electron chi connectivity index (χ1n) is 6.72. The van der Waals surface area contributed by atoms with Crippen LogP contribution >= 0.6 is 0 Å². The summed E-state index contributed by atoms with van der Waals surface area (Å²) in [7, 11) is 0. The Morgan fingerprint density at radius 3 is 3.00 bits per heavy atom. The average molecular weight is 274 g/mol. The largest absolute Gasteiger partial charge is 0.417 e. The number of likely N-dealkylation sites (tertiary alicyclic amines) is 1. The molecule has 3 unspecified atom stereocenters. The molecule has 0 radical (unpaired) electrons. The quantitative estimate of drug-likeness (QED) is 0.796. The van der Waals surface area contributed by atoms with E-state index in [9.17, 15) is 14.7 Å². The van der Waals surface area contributed by atoms with Crippen LogP contribution in [0.2, 0.25) is 0 Å². The summed E-state index contributed by atoms with van der Waals surface area (Å²) < 4.78 is 4.92. The summed E-state index contributed by atoms with van der Waals surface area (Å²) in [6.45, 7) is 1.32. The molecule has 1 saturated carbocycles. The van der Waals surface area contributed by atoms with Crippen molar-refractivity contribution < 1.29 is 14.3 Å². The van der Waals surface area contributed by atoms with Gasteiger partial charge in [0.15, 0.2) is 5.58 Å². The second kappa shape index (κ2) is 3.96. The highest BCUT2D eigenvalue weighted by Gasteiger charge is 2.47. The fraction of sp³-hybridized carbons (Fsp3) is 0.429. The second-order valence-electron chi connectivity index (χ2n) is 5.66. The Labute approximate surface area is 114 Å². The van der Waals surface area contributed by atoms with Gasteiger partial charge in [0.1, 0.15) is 0 Å². The predicted molar refractivity (Wildman–Crippen MR) is 70.3 cm³/mol. The third-order valence-electron chi connectivity index (χ3n) is 4.48. The van der Waals surface area contributed by atoms with Crippen molar-refractivity contribution in [2.24, 2.45) is 11.8 Å². The lowest BCUT2D eigenvalue weighted by Gasteiger charge is -2.34. The highest BCUT2D eigenvalue weighted by atomic mass is 16.4. The number of aromatic amines is 1. The maximum Gasteiger partial charge on any atom is 0.417 e. The first-order valence-corrected chi connectivity index (χ1v) is 6.72. The highest BCUT2D eigenvalue weighted by molar-refractivity contribution is 5.97. The summed E-state index contributed by atoms with van der Waals surface area (Å²) in [5, 5.41) is 9.64. The monoisotopic (exact) mass is 274 g/mol. The van der Waals surface area contributed by atoms with Crippen molar-refractivity contribution in [2.45, 2.75) is 12.5 Å². The van der Waals surface area contributed by atoms with Crippen LogP contribution in [0.3, 0.4) is 0 Å². The fourth-order valence-electron chi connectivity index (χ4n) is 3.30. The molecular formula is C14H14N2O4. The van der Waals surface area contributed by atoms with Gasteiger partial charge in [-0.2, -0.15) is 0 Å². The Morgan fingerprint density at radius 2 is 2.25 bits per heavy atom. The number of benzene rings is 1. The molecule has 0 spiro atoms. The number of fused-ring (bicyclic) bond motifs is 2. The summed E-state index contributed by atoms with van der Waals surface area (Å²) in [6.07, 6.45) is 0.535. The van der Waals surface area contributed by atoms with E-state index in [-0.39, 0.29) is 17.9 Å². The van der Waals surface area contributed by atoms with Crippen LogP contribution in [0.5, 0.6) is 0 Å². The van der Waals surface area contributed by atoms with E-state index in [0.717, 1.165) is 6.42 Å². The number of carbonyl (C=O) groups excluding carboxylic acids is 1. The van der Waals surface area contributed by atoms with Gasteiger partial charge in [0.2, 0.25) is 0 Å². The lowest BCUT2D eigenvalue weighted by atomic mass is 9.74. The molecule has 2 fully saturated rings. The number of nitrogens with one attached hydrogen (secondary N) is 1. The molecule has 0 bridgehead atoms. The molecule has 1 aromatic carbocycles. The van der Waals surface area contributed by atoms with E-state index in [1.54, 1.807) is 23.1 Å². The van der Waals surface area contributed by atoms with Crippen LogP contribution in [0.4, 0.5) is 0 Å². The molecule has 104 valence electrons. The van der Waals surface area contributed by atoms with Crippen LogP contribution < -0.4 is 5.76 Å². The average Bonchev–Trinajstić information content (AvgIpc) is 2.95. The van der Waals surface area contributed by atoms with Crippen molar-refractivity contribution in [3.8, 4) is 0 Å². The molecule has 2 heterocycles. The van der Waals surface area contributed by atoms with Gasteiger partial charge >= 0.3 is 5.76 Å². The molecule has 1 aromatic heterocycles. The minimum absolute atomic E-state index is 0.0597. The number of oxazole rings is 1. The van der Waals surface area contributed by atoms with E-state index in [1.807, 2.05) is 0 Å². The minimum atomic E-state index is -0.521. The Hall–Kier alpha value is -2.08. The molecule has 6 heteroatoms. The molecule has 1 saturated heterocycles. The molecule has 3 atom stereocenters. The zero-order chi connectivity index (χ0) is 13.9. The maximum atomic E-state index is 12.4. The van der Waals surface area contributed by atoms with E-state index in [4.69, 9.17) is 4.42 Å². The van der Waals surface area contributed by atoms with Crippen LogP contribution in [0.1, 0.15) is 16.8 Å². The normalized spacial score (nSPS) is 28.4. The SMILES string of the molecule is O=C(c1ccc2oc(=O)[nH]c2c1)N1CC2CC(O)C2C1. The van der Waals surface area contributed by atoms with E-state index in [0.29, 0.717) is 35.7 Å². The van der Waals surface area contributed by atoms with E-state index >= 15 is 0 Å². The fourth-order valence-corrected chi connectivity index (χ4v) is 3.30. The Morgan fingerprint density at radius 1 is 1.40 bits per heavy atom. The van der Waals surface area contributed by atoms with Gasteiger partial charge in [-0.15, -0.1) is 0 Å². The number of carbonyl (C=O) groups is 1. The highest BCUT2D eigenvalue weighted by Crippen LogP contribution is 2.41. The van der Waals surface area contributed by atoms with Gasteiger partial charge in [-0.1, -0.05) is 0 Å². The van der Waals surface area contributed by atoms with Crippen LogP contribution in [0, 0.1) is 11.8 Å². The number of rotatable bonds is 1. The first kappa shape index (κ1) is 11.7. The maximum absolute atomic E-state index is 12.4. The minimum Gasteiger partial charge on any atom is -0.408 e. The Kier molecular flexibility index (Phi) is 2.32. The zero-order valence-electron chi connectivity index (χ0n) is 10.7. The van der Waals surface area contributed by atoms with Crippen LogP contribution in [-0.2, 0) is 0 Å². The lowest BCUT2D eigenvalue weighted by molar-refractivity contribution is -0.00427. The van der Waals surface area contributed by atoms with Crippen molar-refractivity contribution >= 4 is 17.0 Å². The number of amides is 1. The predicted octanol–water partition coefficient (Wildman–Crippen LogP) is 0.574. The summed E-state index contributed by atoms with van der Waals surface area (Å²) in [5.41, 5.74) is 1.51. The molecule has 2 aliphatic rings. The van der Waals surface area contributed by atoms with Crippen molar-refractivity contribution in [1.82, 2.24) is 9.88 Å². The van der Waals surface area contributed by atoms with Gasteiger partial charge < -0.3 is 14.4 Å². The van der Waals surface area contributed by atoms with Crippen molar-refractivity contribution in [2.75, 3.05) is 13.1 Å². The summed E-state index contributed by atoms with van der Waals surface area (Å²) >= 11 is 0. The number of H-pyrrole nitrogens is 1. The molecular weight excluding hydrogens is 260 g/mol. The number of nitrogens with zero attached hydrogens (tertiary/aromatic N) is 1. The molecule has 2 aromatic rings. The summed E-state index contributed by atoms with van der Waals surface area (Å²) in [4.78, 5) is 27.9. The molecule has 20 heavy (non-hydrogen) atoms. The van der Waals surface area contributed by atoms with Crippen LogP contribution in [0.15, 0.2) is 27.4 Å². The molecule has 6 nitrogen and oxygen atoms in total. The zero-order valence-corrected chi connectivity index (χ0v) is 10.7. The first-order chi connectivity index (χ1) is 9.61. The molecule has 1 aliphatic carbocycles. The standard InChI is InChI=1S/C14H14N2O4/c17-11-4-8-5-16(6-9(8)11)13(18)7-1-2-12-10(3-7)15-14(19)20-12/h1-3,8-9,11,17H,4-6H2,(H,15,19). The van der Waals surface area contributed by atoms with Crippen LogP contribution in [-0.4, -0.2) is 40.1 Å². The molecule has 1 amide bonds. The Bertz CT molecular complexity index is 747. The van der Waals surface area contributed by atoms with Crippen molar-refractivity contribution in [1.29, 1.82) is 0 Å². The molecule has 4 rings (SSSR count). The lowest BCUT2D eigenvalue weighted by Crippen LogP contribution is -2.39. The number of aliphatic hydroxyl groups excluding tert-OH is 1. The second-order valence-corrected chi connectivity index (χ2v) is 5.66. The number of aliphatic hydroxyl groups is 1. The molecule has 2 N–H and O–H groups in total. The summed E-state index contributed by atoms with van der Waals surface area (Å²) in [6, 6.07) is 4.93. The number of aromatic nitrogens is 1. The van der Waals surface area contributed by atoms with Gasteiger partial charge in [0.25, 0.3) is 5.91 Å². The molecule has 1 aliphatic heterocycles. The van der Waals surface area contributed by atoms with Crippen molar-refractivity contribution in [3.05, 3.63) is 34.3 Å². The van der Waals surface area contributed by atoms with Gasteiger partial charge in [0.05, 0.1) is 11.6 Å². The Balaban J connectivity index is 1.62. The smallest absolute Gasteiger partial charge is 0.408 e. The van der Waals surface area contributed by atoms with Gasteiger partial charge in [-0.25, -0.2) is 4.79 Å². The number of hydrogen-bond acceptors (Lipinski definition) is 4. The van der Waals surface area contributed by atoms with E-state index in [1.165, 1.54) is 0 Å². The van der Waals surface area contributed by atoms with E-state index < -0.39 is 5.76 Å². The van der Waals surface area contributed by atoms with Crippen LogP contribution in [0.25, 0.3) is 11.1 Å². The van der Waals surface area contributed by atoms with Gasteiger partial charge in [-0.05, 0) is 30.5 Å². The van der Waals surface area contributed by atoms with E-state index in [2.05, 4.69) is 4.98 Å². The topological polar surface area (TPSA) is 86.5 Å². The van der Waals surface area contributed by atoms with Crippen molar-refractivity contribution in [3.63, 3.8) is 0 Å². The number of hydrogen-bond donors (Lipinski definition) is 2.